The number of ether oxygens (including phenoxy) is 1. The van der Waals surface area contributed by atoms with E-state index in [1.54, 1.807) is 0 Å². The van der Waals surface area contributed by atoms with Crippen LogP contribution in [0.4, 0.5) is 0 Å². The Morgan fingerprint density at radius 2 is 2.30 bits per heavy atom. The normalized spacial score (nSPS) is 17.2. The molecule has 1 fully saturated rings. The van der Waals surface area contributed by atoms with Crippen LogP contribution in [-0.2, 0) is 4.74 Å². The van der Waals surface area contributed by atoms with Crippen molar-refractivity contribution in [2.45, 2.75) is 19.3 Å². The van der Waals surface area contributed by atoms with Gasteiger partial charge >= 0.3 is 0 Å². The molecule has 0 aromatic rings. The predicted octanol–water partition coefficient (Wildman–Crippen LogP) is 1.09. The minimum Gasteiger partial charge on any atom is -0.391 e. The molecule has 0 saturated heterocycles. The van der Waals surface area contributed by atoms with Crippen LogP contribution >= 0.6 is 12.2 Å². The van der Waals surface area contributed by atoms with E-state index in [0.717, 1.165) is 12.5 Å². The van der Waals surface area contributed by atoms with E-state index in [0.29, 0.717) is 11.6 Å². The van der Waals surface area contributed by atoms with Crippen molar-refractivity contribution in [2.24, 2.45) is 11.7 Å². The van der Waals surface area contributed by atoms with E-state index < -0.39 is 0 Å². The lowest BCUT2D eigenvalue weighted by atomic mass is 10.3. The quantitative estimate of drug-likeness (QED) is 0.482. The third-order valence-corrected chi connectivity index (χ3v) is 1.73. The standard InChI is InChI=1S/C7H13NOS/c8-7(10)5-9-4-3-6-1-2-6/h6H,1-5H2,(H2,8,10). The molecule has 2 nitrogen and oxygen atoms in total. The summed E-state index contributed by atoms with van der Waals surface area (Å²) in [4.78, 5) is 0.454. The molecule has 10 heavy (non-hydrogen) atoms. The van der Waals surface area contributed by atoms with E-state index in [2.05, 4.69) is 12.2 Å². The van der Waals surface area contributed by atoms with Gasteiger partial charge in [0.2, 0.25) is 0 Å². The molecule has 58 valence electrons. The van der Waals surface area contributed by atoms with Gasteiger partial charge in [-0.15, -0.1) is 0 Å². The molecule has 0 unspecified atom stereocenters. The van der Waals surface area contributed by atoms with Crippen molar-refractivity contribution in [2.75, 3.05) is 13.2 Å². The molecular formula is C7H13NOS. The molecule has 0 aromatic heterocycles. The fourth-order valence-corrected chi connectivity index (χ4v) is 0.913. The van der Waals surface area contributed by atoms with Crippen LogP contribution in [0.2, 0.25) is 0 Å². The molecule has 0 aromatic carbocycles. The Morgan fingerprint density at radius 3 is 2.80 bits per heavy atom. The predicted molar refractivity (Wildman–Crippen MR) is 44.9 cm³/mol. The van der Waals surface area contributed by atoms with E-state index in [1.165, 1.54) is 19.3 Å². The molecule has 0 bridgehead atoms. The van der Waals surface area contributed by atoms with Crippen LogP contribution in [0.1, 0.15) is 19.3 Å². The minimum absolute atomic E-state index is 0.446. The maximum Gasteiger partial charge on any atom is 0.0989 e. The average Bonchev–Trinajstić information content (AvgIpc) is 2.62. The maximum absolute atomic E-state index is 5.23. The Labute approximate surface area is 66.7 Å². The van der Waals surface area contributed by atoms with Crippen LogP contribution < -0.4 is 5.73 Å². The van der Waals surface area contributed by atoms with Gasteiger partial charge in [0.05, 0.1) is 11.6 Å². The summed E-state index contributed by atoms with van der Waals surface area (Å²) in [5.41, 5.74) is 5.23. The Balaban J connectivity index is 1.80. The van der Waals surface area contributed by atoms with Gasteiger partial charge in [-0.25, -0.2) is 0 Å². The molecule has 0 spiro atoms. The molecule has 2 N–H and O–H groups in total. The lowest BCUT2D eigenvalue weighted by molar-refractivity contribution is 0.165. The molecule has 0 heterocycles. The second-order valence-electron chi connectivity index (χ2n) is 2.75. The number of nitrogens with two attached hydrogens (primary N) is 1. The van der Waals surface area contributed by atoms with Crippen molar-refractivity contribution in [3.8, 4) is 0 Å². The molecule has 1 rings (SSSR count). The summed E-state index contributed by atoms with van der Waals surface area (Å²) in [5, 5.41) is 0. The molecule has 0 aliphatic heterocycles. The smallest absolute Gasteiger partial charge is 0.0989 e. The molecule has 1 aliphatic rings. The fraction of sp³-hybridized carbons (Fsp3) is 0.857. The number of hydrogen-bond donors (Lipinski definition) is 1. The largest absolute Gasteiger partial charge is 0.391 e. The first kappa shape index (κ1) is 7.95. The van der Waals surface area contributed by atoms with Gasteiger partial charge in [0.25, 0.3) is 0 Å². The van der Waals surface area contributed by atoms with Gasteiger partial charge in [0.1, 0.15) is 0 Å². The van der Waals surface area contributed by atoms with Crippen LogP contribution in [0, 0.1) is 5.92 Å². The minimum atomic E-state index is 0.446. The summed E-state index contributed by atoms with van der Waals surface area (Å²) in [6.07, 6.45) is 3.95. The van der Waals surface area contributed by atoms with E-state index >= 15 is 0 Å². The van der Waals surface area contributed by atoms with Crippen molar-refractivity contribution >= 4 is 17.2 Å². The van der Waals surface area contributed by atoms with E-state index in [4.69, 9.17) is 10.5 Å². The summed E-state index contributed by atoms with van der Waals surface area (Å²) < 4.78 is 5.18. The highest BCUT2D eigenvalue weighted by atomic mass is 32.1. The van der Waals surface area contributed by atoms with Gasteiger partial charge in [-0.3, -0.25) is 0 Å². The Hall–Kier alpha value is -0.150. The topological polar surface area (TPSA) is 35.2 Å². The zero-order chi connectivity index (χ0) is 7.40. The molecule has 3 heteroatoms. The third kappa shape index (κ3) is 3.80. The summed E-state index contributed by atoms with van der Waals surface area (Å²) in [7, 11) is 0. The first-order chi connectivity index (χ1) is 4.79. The first-order valence-corrected chi connectivity index (χ1v) is 4.06. The van der Waals surface area contributed by atoms with Gasteiger partial charge in [-0.1, -0.05) is 25.1 Å². The Morgan fingerprint density at radius 1 is 1.60 bits per heavy atom. The number of thiocarbonyl (C=S) groups is 1. The van der Waals surface area contributed by atoms with Crippen LogP contribution in [0.5, 0.6) is 0 Å². The van der Waals surface area contributed by atoms with Gasteiger partial charge < -0.3 is 10.5 Å². The summed E-state index contributed by atoms with van der Waals surface area (Å²) in [5.74, 6) is 0.936. The lowest BCUT2D eigenvalue weighted by Crippen LogP contribution is -2.16. The summed E-state index contributed by atoms with van der Waals surface area (Å²) >= 11 is 4.64. The van der Waals surface area contributed by atoms with Crippen LogP contribution in [-0.4, -0.2) is 18.2 Å². The monoisotopic (exact) mass is 159 g/mol. The number of hydrogen-bond acceptors (Lipinski definition) is 2. The van der Waals surface area contributed by atoms with Crippen molar-refractivity contribution in [1.82, 2.24) is 0 Å². The third-order valence-electron chi connectivity index (χ3n) is 1.61. The van der Waals surface area contributed by atoms with Crippen molar-refractivity contribution < 1.29 is 4.74 Å². The zero-order valence-corrected chi connectivity index (χ0v) is 6.82. The van der Waals surface area contributed by atoms with Crippen LogP contribution in [0.15, 0.2) is 0 Å². The van der Waals surface area contributed by atoms with E-state index in [9.17, 15) is 0 Å². The van der Waals surface area contributed by atoms with Crippen molar-refractivity contribution in [1.29, 1.82) is 0 Å². The molecule has 1 saturated carbocycles. The van der Waals surface area contributed by atoms with Crippen molar-refractivity contribution in [3.63, 3.8) is 0 Å². The van der Waals surface area contributed by atoms with Gasteiger partial charge in [0, 0.05) is 6.61 Å². The summed E-state index contributed by atoms with van der Waals surface area (Å²) in [6, 6.07) is 0. The number of rotatable bonds is 5. The van der Waals surface area contributed by atoms with Gasteiger partial charge in [0.15, 0.2) is 0 Å². The van der Waals surface area contributed by atoms with Crippen molar-refractivity contribution in [3.05, 3.63) is 0 Å². The molecule has 0 radical (unpaired) electrons. The maximum atomic E-state index is 5.23. The Bertz CT molecular complexity index is 123. The van der Waals surface area contributed by atoms with E-state index in [1.807, 2.05) is 0 Å². The Kier molecular flexibility index (Phi) is 3.09. The van der Waals surface area contributed by atoms with Crippen LogP contribution in [0.3, 0.4) is 0 Å². The van der Waals surface area contributed by atoms with E-state index in [-0.39, 0.29) is 0 Å². The molecule has 0 atom stereocenters. The SMILES string of the molecule is NC(=S)COCCC1CC1. The average molecular weight is 159 g/mol. The van der Waals surface area contributed by atoms with Gasteiger partial charge in [-0.2, -0.15) is 0 Å². The lowest BCUT2D eigenvalue weighted by Gasteiger charge is -1.99. The molecule has 0 amide bonds. The molecule has 1 aliphatic carbocycles. The highest BCUT2D eigenvalue weighted by molar-refractivity contribution is 7.80. The summed E-state index contributed by atoms with van der Waals surface area (Å²) in [6.45, 7) is 1.27. The second-order valence-corrected chi connectivity index (χ2v) is 3.28. The fourth-order valence-electron chi connectivity index (χ4n) is 0.829. The zero-order valence-electron chi connectivity index (χ0n) is 6.01. The highest BCUT2D eigenvalue weighted by Gasteiger charge is 2.20. The van der Waals surface area contributed by atoms with Crippen LogP contribution in [0.25, 0.3) is 0 Å². The highest BCUT2D eigenvalue weighted by Crippen LogP contribution is 2.31. The first-order valence-electron chi connectivity index (χ1n) is 3.65. The molecular weight excluding hydrogens is 146 g/mol. The second kappa shape index (κ2) is 3.88. The van der Waals surface area contributed by atoms with Gasteiger partial charge in [-0.05, 0) is 12.3 Å².